The van der Waals surface area contributed by atoms with Crippen molar-refractivity contribution in [2.75, 3.05) is 20.3 Å². The minimum absolute atomic E-state index is 0.0166. The Kier molecular flexibility index (Phi) is 8.06. The molecule has 0 saturated carbocycles. The normalized spacial score (nSPS) is 13.5. The number of ether oxygens (including phenoxy) is 2. The van der Waals surface area contributed by atoms with E-state index in [4.69, 9.17) is 10.8 Å². The van der Waals surface area contributed by atoms with Crippen LogP contribution < -0.4 is 4.74 Å². The molecule has 0 aliphatic heterocycles. The van der Waals surface area contributed by atoms with Gasteiger partial charge in [0.25, 0.3) is 0 Å². The van der Waals surface area contributed by atoms with E-state index in [9.17, 15) is 18.3 Å². The van der Waals surface area contributed by atoms with Gasteiger partial charge in [0.15, 0.2) is 0 Å². The first kappa shape index (κ1) is 23.2. The number of methoxy groups -OCH3 is 1. The highest BCUT2D eigenvalue weighted by Crippen LogP contribution is 2.31. The lowest BCUT2D eigenvalue weighted by Gasteiger charge is -2.37. The topological polar surface area (TPSA) is 93.1 Å². The first-order valence-electron chi connectivity index (χ1n) is 10.6. The average Bonchev–Trinajstić information content (AvgIpc) is 2.80. The third-order valence-electron chi connectivity index (χ3n) is 4.66. The molecule has 0 bridgehead atoms. The second-order valence-electron chi connectivity index (χ2n) is 7.86. The zero-order valence-corrected chi connectivity index (χ0v) is 19.0. The Morgan fingerprint density at radius 3 is 2.52 bits per heavy atom. The third kappa shape index (κ3) is 6.53. The molecular formula is C23H31NO6S. The number of sulfonamides is 1. The van der Waals surface area contributed by atoms with Gasteiger partial charge in [-0.05, 0) is 29.5 Å². The van der Waals surface area contributed by atoms with Crippen molar-refractivity contribution in [1.82, 2.24) is 4.31 Å². The van der Waals surface area contributed by atoms with Gasteiger partial charge in [0.1, 0.15) is 18.4 Å². The van der Waals surface area contributed by atoms with Gasteiger partial charge in [-0.3, -0.25) is 4.79 Å². The second-order valence-corrected chi connectivity index (χ2v) is 9.75. The predicted molar refractivity (Wildman–Crippen MR) is 118 cm³/mol. The van der Waals surface area contributed by atoms with Crippen LogP contribution in [0.3, 0.4) is 0 Å². The van der Waals surface area contributed by atoms with E-state index < -0.39 is 27.4 Å². The standard InChI is InChI=1S/C23H31NO6S/c1-23(2,3)21(22(26)30-17-18-10-6-5-7-11-18)24(14-9-15-25)31(27,28)20-13-8-12-19(16-20)29-4/h5-8,10-13,16,21,25H,9,14-15,17H2,1-4H3/t21-/m1/s1/i1D. The fourth-order valence-electron chi connectivity index (χ4n) is 3.15. The van der Waals surface area contributed by atoms with E-state index in [1.54, 1.807) is 38.1 Å². The molecule has 0 heterocycles. The van der Waals surface area contributed by atoms with Crippen molar-refractivity contribution in [3.8, 4) is 5.75 Å². The van der Waals surface area contributed by atoms with E-state index in [1.807, 2.05) is 18.2 Å². The molecule has 0 spiro atoms. The quantitative estimate of drug-likeness (QED) is 0.559. The van der Waals surface area contributed by atoms with Crippen molar-refractivity contribution in [3.63, 3.8) is 0 Å². The number of carbonyl (C=O) groups is 1. The molecule has 0 fully saturated rings. The number of esters is 1. The van der Waals surface area contributed by atoms with E-state index in [-0.39, 0.29) is 38.0 Å². The van der Waals surface area contributed by atoms with Gasteiger partial charge in [-0.1, -0.05) is 57.1 Å². The van der Waals surface area contributed by atoms with Crippen LogP contribution in [0.1, 0.15) is 34.1 Å². The van der Waals surface area contributed by atoms with Gasteiger partial charge in [0.05, 0.1) is 12.0 Å². The molecule has 1 N–H and O–H groups in total. The predicted octanol–water partition coefficient (Wildman–Crippen LogP) is 3.23. The summed E-state index contributed by atoms with van der Waals surface area (Å²) in [6.07, 6.45) is 0.125. The van der Waals surface area contributed by atoms with E-state index >= 15 is 0 Å². The molecule has 7 nitrogen and oxygen atoms in total. The Morgan fingerprint density at radius 1 is 1.19 bits per heavy atom. The summed E-state index contributed by atoms with van der Waals surface area (Å²) in [6, 6.07) is 13.8. The van der Waals surface area contributed by atoms with E-state index in [1.165, 1.54) is 19.2 Å². The smallest absolute Gasteiger partial charge is 0.325 e. The highest BCUT2D eigenvalue weighted by Gasteiger charge is 2.43. The first-order valence-corrected chi connectivity index (χ1v) is 11.4. The molecule has 0 aliphatic carbocycles. The zero-order valence-electron chi connectivity index (χ0n) is 19.2. The first-order chi connectivity index (χ1) is 15.2. The van der Waals surface area contributed by atoms with Crippen molar-refractivity contribution >= 4 is 16.0 Å². The summed E-state index contributed by atoms with van der Waals surface area (Å²) in [6.45, 7) is 2.73. The van der Waals surface area contributed by atoms with Crippen LogP contribution in [0.25, 0.3) is 0 Å². The molecule has 0 saturated heterocycles. The molecule has 0 amide bonds. The summed E-state index contributed by atoms with van der Waals surface area (Å²) in [5.41, 5.74) is -0.282. The highest BCUT2D eigenvalue weighted by atomic mass is 32.2. The maximum absolute atomic E-state index is 13.6. The van der Waals surface area contributed by atoms with Crippen molar-refractivity contribution in [2.24, 2.45) is 5.41 Å². The number of rotatable bonds is 10. The summed E-state index contributed by atoms with van der Waals surface area (Å²) in [5, 5.41) is 9.37. The summed E-state index contributed by atoms with van der Waals surface area (Å²) in [5.74, 6) is -0.383. The lowest BCUT2D eigenvalue weighted by Crippen LogP contribution is -2.53. The number of aliphatic hydroxyl groups is 1. The summed E-state index contributed by atoms with van der Waals surface area (Å²) < 4.78 is 46.9. The number of hydrogen-bond acceptors (Lipinski definition) is 6. The van der Waals surface area contributed by atoms with Crippen molar-refractivity contribution in [2.45, 2.75) is 44.7 Å². The largest absolute Gasteiger partial charge is 0.497 e. The molecule has 170 valence electrons. The number of aliphatic hydroxyl groups excluding tert-OH is 1. The molecule has 2 rings (SSSR count). The third-order valence-corrected chi connectivity index (χ3v) is 6.52. The van der Waals surface area contributed by atoms with Gasteiger partial charge in [0.2, 0.25) is 10.0 Å². The van der Waals surface area contributed by atoms with Crippen LogP contribution in [0, 0.1) is 5.41 Å². The Labute approximate surface area is 186 Å². The molecule has 0 aliphatic rings. The Morgan fingerprint density at radius 2 is 1.90 bits per heavy atom. The summed E-state index contributed by atoms with van der Waals surface area (Å²) >= 11 is 0. The molecule has 0 unspecified atom stereocenters. The van der Waals surface area contributed by atoms with Gasteiger partial charge >= 0.3 is 5.97 Å². The highest BCUT2D eigenvalue weighted by molar-refractivity contribution is 7.89. The van der Waals surface area contributed by atoms with Crippen molar-refractivity contribution in [1.29, 1.82) is 0 Å². The monoisotopic (exact) mass is 450 g/mol. The van der Waals surface area contributed by atoms with Gasteiger partial charge in [-0.25, -0.2) is 8.42 Å². The van der Waals surface area contributed by atoms with E-state index in [2.05, 4.69) is 0 Å². The van der Waals surface area contributed by atoms with Crippen LogP contribution in [0.5, 0.6) is 5.75 Å². The minimum Gasteiger partial charge on any atom is -0.497 e. The maximum Gasteiger partial charge on any atom is 0.325 e. The fraction of sp³-hybridized carbons (Fsp3) is 0.435. The maximum atomic E-state index is 13.6. The molecule has 31 heavy (non-hydrogen) atoms. The fourth-order valence-corrected chi connectivity index (χ4v) is 4.95. The molecule has 0 aromatic heterocycles. The lowest BCUT2D eigenvalue weighted by molar-refractivity contribution is -0.153. The zero-order chi connectivity index (χ0) is 23.8. The lowest BCUT2D eigenvalue weighted by atomic mass is 9.86. The SMILES string of the molecule is [2H]CC(C)(C)[C@@H](C(=O)OCc1ccccc1)N(CCCO)S(=O)(=O)c1cccc(OC)c1. The molecule has 0 radical (unpaired) electrons. The van der Waals surface area contributed by atoms with Gasteiger partial charge < -0.3 is 14.6 Å². The Balaban J connectivity index is 2.47. The van der Waals surface area contributed by atoms with Crippen LogP contribution in [0.15, 0.2) is 59.5 Å². The molecule has 8 heteroatoms. The van der Waals surface area contributed by atoms with Gasteiger partial charge in [0, 0.05) is 20.6 Å². The average molecular weight is 451 g/mol. The number of benzene rings is 2. The minimum atomic E-state index is -4.17. The molecule has 2 aromatic carbocycles. The van der Waals surface area contributed by atoms with Crippen LogP contribution in [0.4, 0.5) is 0 Å². The number of nitrogens with zero attached hydrogens (tertiary/aromatic N) is 1. The second kappa shape index (κ2) is 10.7. The van der Waals surface area contributed by atoms with Crippen LogP contribution in [-0.4, -0.2) is 50.1 Å². The molecule has 2 aromatic rings. The van der Waals surface area contributed by atoms with E-state index in [0.29, 0.717) is 5.75 Å². The number of carbonyl (C=O) groups excluding carboxylic acids is 1. The van der Waals surface area contributed by atoms with Gasteiger partial charge in [-0.2, -0.15) is 4.31 Å². The summed E-state index contributed by atoms with van der Waals surface area (Å²) in [7, 11) is -2.74. The van der Waals surface area contributed by atoms with Crippen molar-refractivity contribution in [3.05, 3.63) is 60.2 Å². The van der Waals surface area contributed by atoms with Crippen LogP contribution in [0.2, 0.25) is 0 Å². The molecule has 1 atom stereocenters. The molecular weight excluding hydrogens is 418 g/mol. The Bertz CT molecular complexity index is 981. The van der Waals surface area contributed by atoms with Crippen molar-refractivity contribution < 1.29 is 29.2 Å². The summed E-state index contributed by atoms with van der Waals surface area (Å²) in [4.78, 5) is 13.2. The Hall–Kier alpha value is -2.42. The van der Waals surface area contributed by atoms with Gasteiger partial charge in [-0.15, -0.1) is 0 Å². The number of hydrogen-bond donors (Lipinski definition) is 1. The van der Waals surface area contributed by atoms with Crippen LogP contribution in [-0.2, 0) is 26.2 Å². The van der Waals surface area contributed by atoms with E-state index in [0.717, 1.165) is 9.87 Å². The van der Waals surface area contributed by atoms with Crippen LogP contribution >= 0.6 is 0 Å².